The van der Waals surface area contributed by atoms with E-state index in [-0.39, 0.29) is 24.8 Å². The third kappa shape index (κ3) is 3.61. The van der Waals surface area contributed by atoms with E-state index in [2.05, 4.69) is 74.5 Å². The third-order valence-electron chi connectivity index (χ3n) is 5.21. The van der Waals surface area contributed by atoms with E-state index in [0.717, 1.165) is 9.38 Å². The second kappa shape index (κ2) is 8.91. The molecule has 0 saturated carbocycles. The quantitative estimate of drug-likeness (QED) is 0.621. The molecular weight excluding hydrogens is 442 g/mol. The summed E-state index contributed by atoms with van der Waals surface area (Å²) in [6.07, 6.45) is 8.16. The number of hydrogen-bond acceptors (Lipinski definition) is 1. The van der Waals surface area contributed by atoms with Gasteiger partial charge in [-0.05, 0) is 0 Å². The molecular formula is C22H23Cl2OZr. The monoisotopic (exact) mass is 463 g/mol. The third-order valence-corrected chi connectivity index (χ3v) is 14.1. The van der Waals surface area contributed by atoms with Gasteiger partial charge in [-0.15, -0.1) is 0 Å². The van der Waals surface area contributed by atoms with Crippen LogP contribution in [0.2, 0.25) is 3.63 Å². The number of benzene rings is 2. The van der Waals surface area contributed by atoms with Gasteiger partial charge in [-0.3, -0.25) is 0 Å². The molecule has 4 rings (SSSR count). The number of hydrogen-bond donors (Lipinski definition) is 0. The normalized spacial score (nSPS) is 16.3. The van der Waals surface area contributed by atoms with Crippen LogP contribution >= 0.6 is 0 Å². The van der Waals surface area contributed by atoms with Crippen LogP contribution in [0.4, 0.5) is 0 Å². The largest absolute Gasteiger partial charge is 1.00 e. The van der Waals surface area contributed by atoms with E-state index in [1.54, 1.807) is 16.0 Å². The first-order valence-electron chi connectivity index (χ1n) is 8.70. The van der Waals surface area contributed by atoms with Gasteiger partial charge in [0.1, 0.15) is 0 Å². The Hall–Kier alpha value is -0.817. The Morgan fingerprint density at radius 1 is 1.00 bits per heavy atom. The van der Waals surface area contributed by atoms with Crippen molar-refractivity contribution in [1.29, 1.82) is 0 Å². The van der Waals surface area contributed by atoms with Crippen molar-refractivity contribution in [2.45, 2.75) is 27.5 Å². The van der Waals surface area contributed by atoms with Crippen molar-refractivity contribution >= 4 is 0 Å². The number of ether oxygens (including phenoxy) is 1. The second-order valence-corrected chi connectivity index (χ2v) is 15.0. The molecule has 0 heterocycles. The van der Waals surface area contributed by atoms with Gasteiger partial charge in [-0.2, -0.15) is 0 Å². The molecule has 1 unspecified atom stereocenters. The van der Waals surface area contributed by atoms with Crippen LogP contribution in [0.1, 0.15) is 35.0 Å². The van der Waals surface area contributed by atoms with Crippen molar-refractivity contribution in [1.82, 2.24) is 0 Å². The van der Waals surface area contributed by atoms with Gasteiger partial charge in [0.15, 0.2) is 0 Å². The van der Waals surface area contributed by atoms with E-state index in [4.69, 9.17) is 4.74 Å². The SMILES string of the molecule is COc1ccc2c(c1)[CH]([Zr+2]([C]1=CC=CC1)[CH](C)C)c1ccccc1-2.[Cl-].[Cl-]. The van der Waals surface area contributed by atoms with Crippen LogP contribution in [-0.2, 0) is 21.8 Å². The molecule has 0 saturated heterocycles. The van der Waals surface area contributed by atoms with Crippen molar-refractivity contribution in [3.63, 3.8) is 0 Å². The van der Waals surface area contributed by atoms with Gasteiger partial charge in [0, 0.05) is 0 Å². The van der Waals surface area contributed by atoms with Crippen LogP contribution in [-0.4, -0.2) is 7.11 Å². The summed E-state index contributed by atoms with van der Waals surface area (Å²) in [4.78, 5) is 0. The summed E-state index contributed by atoms with van der Waals surface area (Å²) in [6, 6.07) is 15.7. The van der Waals surface area contributed by atoms with Gasteiger partial charge in [-0.25, -0.2) is 0 Å². The molecule has 4 heteroatoms. The molecule has 0 aromatic heterocycles. The Morgan fingerprint density at radius 2 is 1.73 bits per heavy atom. The Labute approximate surface area is 177 Å². The van der Waals surface area contributed by atoms with Gasteiger partial charge < -0.3 is 24.8 Å². The fraction of sp³-hybridized carbons (Fsp3) is 0.273. The molecule has 0 fully saturated rings. The summed E-state index contributed by atoms with van der Waals surface area (Å²) in [7, 11) is 1.77. The standard InChI is InChI=1S/C14H11O.C5H5.C3H7.2ClH.Zr/c1-15-12-6-7-14-11(9-12)8-10-4-2-3-5-13(10)14;1-2-4-5-3-1;1-3-2;;;/h2-9H,1H3;1-3H,4H2;3H,1-2H3;2*1H;/q;;;;;+2/p-2. The van der Waals surface area contributed by atoms with E-state index in [1.807, 2.05) is 0 Å². The average Bonchev–Trinajstić information content (AvgIpc) is 3.22. The Morgan fingerprint density at radius 3 is 2.38 bits per heavy atom. The first-order valence-corrected chi connectivity index (χ1v) is 12.8. The zero-order valence-electron chi connectivity index (χ0n) is 15.3. The van der Waals surface area contributed by atoms with E-state index >= 15 is 0 Å². The minimum absolute atomic E-state index is 0. The van der Waals surface area contributed by atoms with Crippen molar-refractivity contribution in [2.24, 2.45) is 0 Å². The average molecular weight is 466 g/mol. The van der Waals surface area contributed by atoms with Crippen molar-refractivity contribution in [3.05, 3.63) is 75.1 Å². The maximum absolute atomic E-state index is 5.55. The molecule has 0 N–H and O–H groups in total. The summed E-state index contributed by atoms with van der Waals surface area (Å²) >= 11 is -1.88. The fourth-order valence-corrected chi connectivity index (χ4v) is 13.0. The van der Waals surface area contributed by atoms with Crippen molar-refractivity contribution in [3.8, 4) is 16.9 Å². The second-order valence-electron chi connectivity index (χ2n) is 6.91. The molecule has 2 aromatic rings. The smallest absolute Gasteiger partial charge is 1.00 e. The number of methoxy groups -OCH3 is 1. The summed E-state index contributed by atoms with van der Waals surface area (Å²) in [5, 5.41) is 0. The van der Waals surface area contributed by atoms with Crippen LogP contribution in [0.5, 0.6) is 5.75 Å². The van der Waals surface area contributed by atoms with E-state index < -0.39 is 21.8 Å². The Bertz CT molecular complexity index is 842. The van der Waals surface area contributed by atoms with Crippen molar-refractivity contribution in [2.75, 3.05) is 7.11 Å². The first kappa shape index (κ1) is 21.5. The summed E-state index contributed by atoms with van der Waals surface area (Å²) in [5.74, 6) is 0.983. The van der Waals surface area contributed by atoms with Gasteiger partial charge >= 0.3 is 153 Å². The van der Waals surface area contributed by atoms with Crippen LogP contribution in [0.3, 0.4) is 0 Å². The molecule has 0 amide bonds. The molecule has 2 aromatic carbocycles. The fourth-order valence-electron chi connectivity index (χ4n) is 4.20. The predicted octanol–water partition coefficient (Wildman–Crippen LogP) is 0.0633. The zero-order valence-corrected chi connectivity index (χ0v) is 19.3. The van der Waals surface area contributed by atoms with Gasteiger partial charge in [0.2, 0.25) is 0 Å². The van der Waals surface area contributed by atoms with Crippen LogP contribution in [0.25, 0.3) is 11.1 Å². The predicted molar refractivity (Wildman–Crippen MR) is 97.2 cm³/mol. The molecule has 1 atom stereocenters. The van der Waals surface area contributed by atoms with Crippen LogP contribution in [0, 0.1) is 0 Å². The van der Waals surface area contributed by atoms with Gasteiger partial charge in [-0.1, -0.05) is 0 Å². The maximum atomic E-state index is 5.55. The minimum Gasteiger partial charge on any atom is -1.00 e. The van der Waals surface area contributed by atoms with Gasteiger partial charge in [0.05, 0.1) is 0 Å². The molecule has 0 bridgehead atoms. The molecule has 0 aliphatic heterocycles. The van der Waals surface area contributed by atoms with Gasteiger partial charge in [0.25, 0.3) is 0 Å². The molecule has 26 heavy (non-hydrogen) atoms. The molecule has 0 radical (unpaired) electrons. The molecule has 135 valence electrons. The first-order chi connectivity index (χ1) is 11.7. The summed E-state index contributed by atoms with van der Waals surface area (Å²) in [5.41, 5.74) is 5.91. The van der Waals surface area contributed by atoms with E-state index in [9.17, 15) is 0 Å². The molecule has 2 aliphatic carbocycles. The molecule has 1 nitrogen and oxygen atoms in total. The molecule has 0 spiro atoms. The van der Waals surface area contributed by atoms with Crippen molar-refractivity contribution < 1.29 is 51.3 Å². The number of fused-ring (bicyclic) bond motifs is 3. The minimum atomic E-state index is -1.88. The number of allylic oxidation sites excluding steroid dienone is 4. The molecule has 2 aliphatic rings. The zero-order chi connectivity index (χ0) is 16.7. The topological polar surface area (TPSA) is 9.23 Å². The number of rotatable bonds is 4. The van der Waals surface area contributed by atoms with E-state index in [1.165, 1.54) is 23.1 Å². The Balaban J connectivity index is 0.00000121. The van der Waals surface area contributed by atoms with E-state index in [0.29, 0.717) is 3.63 Å². The maximum Gasteiger partial charge on any atom is -1.00 e. The summed E-state index contributed by atoms with van der Waals surface area (Å²) in [6.45, 7) is 4.88. The van der Waals surface area contributed by atoms with Crippen LogP contribution in [0.15, 0.2) is 64.0 Å². The number of halogens is 2. The summed E-state index contributed by atoms with van der Waals surface area (Å²) < 4.78 is 8.70. The Kier molecular flexibility index (Phi) is 7.37. The van der Waals surface area contributed by atoms with Crippen LogP contribution < -0.4 is 29.6 Å².